The van der Waals surface area contributed by atoms with Crippen LogP contribution in [0, 0.1) is 5.82 Å². The van der Waals surface area contributed by atoms with Crippen LogP contribution in [0.4, 0.5) is 4.39 Å². The molecule has 1 nitrogen and oxygen atoms in total. The fourth-order valence-electron chi connectivity index (χ4n) is 0.934. The Morgan fingerprint density at radius 3 is 2.36 bits per heavy atom. The Morgan fingerprint density at radius 2 is 1.82 bits per heavy atom. The summed E-state index contributed by atoms with van der Waals surface area (Å²) in [6.07, 6.45) is 1.56. The van der Waals surface area contributed by atoms with E-state index >= 15 is 0 Å². The van der Waals surface area contributed by atoms with E-state index in [2.05, 4.69) is 0 Å². The molecule has 2 heteroatoms. The number of hydrogen-bond donors (Lipinski definition) is 1. The maximum Gasteiger partial charge on any atom is 0.123 e. The first-order valence-electron chi connectivity index (χ1n) is 3.68. The van der Waals surface area contributed by atoms with E-state index in [1.807, 2.05) is 0 Å². The highest BCUT2D eigenvalue weighted by Gasteiger charge is 1.92. The maximum absolute atomic E-state index is 12.4. The van der Waals surface area contributed by atoms with E-state index in [1.54, 1.807) is 12.1 Å². The summed E-state index contributed by atoms with van der Waals surface area (Å²) < 4.78 is 12.4. The first-order valence-corrected chi connectivity index (χ1v) is 3.68. The van der Waals surface area contributed by atoms with Crippen molar-refractivity contribution in [2.45, 2.75) is 12.8 Å². The highest BCUT2D eigenvalue weighted by atomic mass is 19.1. The Balaban J connectivity index is 2.52. The molecule has 11 heavy (non-hydrogen) atoms. The number of rotatable bonds is 3. The van der Waals surface area contributed by atoms with Gasteiger partial charge in [0.1, 0.15) is 5.82 Å². The fraction of sp³-hybridized carbons (Fsp3) is 0.333. The van der Waals surface area contributed by atoms with Crippen molar-refractivity contribution in [3.05, 3.63) is 35.6 Å². The summed E-state index contributed by atoms with van der Waals surface area (Å²) >= 11 is 0. The van der Waals surface area contributed by atoms with Gasteiger partial charge in [-0.15, -0.1) is 0 Å². The zero-order chi connectivity index (χ0) is 8.10. The van der Waals surface area contributed by atoms with Crippen molar-refractivity contribution in [1.29, 1.82) is 0 Å². The van der Waals surface area contributed by atoms with Gasteiger partial charge in [0.05, 0.1) is 0 Å². The summed E-state index contributed by atoms with van der Waals surface area (Å²) in [4.78, 5) is 0. The van der Waals surface area contributed by atoms with E-state index in [9.17, 15) is 4.39 Å². The molecule has 0 aliphatic heterocycles. The third-order valence-corrected chi connectivity index (χ3v) is 1.54. The zero-order valence-electron chi connectivity index (χ0n) is 6.26. The number of halogens is 1. The van der Waals surface area contributed by atoms with Gasteiger partial charge in [0.2, 0.25) is 0 Å². The number of benzene rings is 1. The molecule has 0 aliphatic carbocycles. The molecule has 0 amide bonds. The van der Waals surface area contributed by atoms with Crippen molar-refractivity contribution >= 4 is 0 Å². The van der Waals surface area contributed by atoms with Gasteiger partial charge < -0.3 is 5.11 Å². The number of aryl methyl sites for hydroxylation is 1. The minimum atomic E-state index is -0.210. The summed E-state index contributed by atoms with van der Waals surface area (Å²) in [6.45, 7) is 0.192. The van der Waals surface area contributed by atoms with Crippen LogP contribution in [0.1, 0.15) is 12.0 Å². The molecule has 0 aliphatic rings. The summed E-state index contributed by atoms with van der Waals surface area (Å²) in [5, 5.41) is 8.51. The minimum Gasteiger partial charge on any atom is -0.396 e. The second-order valence-corrected chi connectivity index (χ2v) is 2.45. The first kappa shape index (κ1) is 8.21. The van der Waals surface area contributed by atoms with Gasteiger partial charge in [0, 0.05) is 6.61 Å². The van der Waals surface area contributed by atoms with Crippen molar-refractivity contribution in [3.63, 3.8) is 0 Å². The van der Waals surface area contributed by atoms with E-state index in [4.69, 9.17) is 5.11 Å². The molecule has 0 aromatic heterocycles. The lowest BCUT2D eigenvalue weighted by molar-refractivity contribution is 0.288. The van der Waals surface area contributed by atoms with Crippen LogP contribution in [0.3, 0.4) is 0 Å². The predicted octanol–water partition coefficient (Wildman–Crippen LogP) is 1.75. The van der Waals surface area contributed by atoms with Crippen LogP contribution in [0.25, 0.3) is 0 Å². The lowest BCUT2D eigenvalue weighted by Gasteiger charge is -1.97. The monoisotopic (exact) mass is 154 g/mol. The SMILES string of the molecule is OCCCc1ccc(F)cc1. The molecule has 0 radical (unpaired) electrons. The normalized spacial score (nSPS) is 10.0. The summed E-state index contributed by atoms with van der Waals surface area (Å²) in [5.41, 5.74) is 1.07. The van der Waals surface area contributed by atoms with Crippen LogP contribution in [0.5, 0.6) is 0 Å². The van der Waals surface area contributed by atoms with Crippen molar-refractivity contribution in [1.82, 2.24) is 0 Å². The number of hydrogen-bond acceptors (Lipinski definition) is 1. The summed E-state index contributed by atoms with van der Waals surface area (Å²) in [6, 6.07) is 6.36. The Hall–Kier alpha value is -0.890. The van der Waals surface area contributed by atoms with Crippen LogP contribution in [0.2, 0.25) is 0 Å². The standard InChI is InChI=1S/C9H11FO/c10-9-5-3-8(4-6-9)2-1-7-11/h3-6,11H,1-2,7H2. The van der Waals surface area contributed by atoms with Crippen LogP contribution < -0.4 is 0 Å². The highest BCUT2D eigenvalue weighted by Crippen LogP contribution is 2.04. The second-order valence-electron chi connectivity index (χ2n) is 2.45. The topological polar surface area (TPSA) is 20.2 Å². The van der Waals surface area contributed by atoms with E-state index in [1.165, 1.54) is 12.1 Å². The Morgan fingerprint density at radius 1 is 1.18 bits per heavy atom. The molecule has 0 spiro atoms. The molecular formula is C9H11FO. The second kappa shape index (κ2) is 4.09. The molecule has 60 valence electrons. The van der Waals surface area contributed by atoms with Gasteiger partial charge in [-0.1, -0.05) is 12.1 Å². The molecule has 1 rings (SSSR count). The third kappa shape index (κ3) is 2.68. The van der Waals surface area contributed by atoms with Crippen molar-refractivity contribution in [2.24, 2.45) is 0 Å². The van der Waals surface area contributed by atoms with Crippen LogP contribution >= 0.6 is 0 Å². The molecule has 1 N–H and O–H groups in total. The molecule has 0 saturated heterocycles. The third-order valence-electron chi connectivity index (χ3n) is 1.54. The van der Waals surface area contributed by atoms with Gasteiger partial charge in [-0.25, -0.2) is 4.39 Å². The highest BCUT2D eigenvalue weighted by molar-refractivity contribution is 5.15. The molecule has 0 bridgehead atoms. The van der Waals surface area contributed by atoms with Crippen LogP contribution in [-0.2, 0) is 6.42 Å². The van der Waals surface area contributed by atoms with Crippen LogP contribution in [-0.4, -0.2) is 11.7 Å². The number of aliphatic hydroxyl groups excluding tert-OH is 1. The Labute approximate surface area is 65.5 Å². The molecule has 0 saturated carbocycles. The minimum absolute atomic E-state index is 0.192. The lowest BCUT2D eigenvalue weighted by Crippen LogP contribution is -1.88. The van der Waals surface area contributed by atoms with E-state index in [-0.39, 0.29) is 12.4 Å². The summed E-state index contributed by atoms with van der Waals surface area (Å²) in [7, 11) is 0. The van der Waals surface area contributed by atoms with E-state index in [0.29, 0.717) is 0 Å². The molecule has 1 aromatic rings. The average molecular weight is 154 g/mol. The largest absolute Gasteiger partial charge is 0.396 e. The molecular weight excluding hydrogens is 143 g/mol. The molecule has 1 aromatic carbocycles. The lowest BCUT2D eigenvalue weighted by atomic mass is 10.1. The Bertz CT molecular complexity index is 205. The maximum atomic E-state index is 12.4. The van der Waals surface area contributed by atoms with E-state index in [0.717, 1.165) is 18.4 Å². The zero-order valence-corrected chi connectivity index (χ0v) is 6.26. The van der Waals surface area contributed by atoms with E-state index < -0.39 is 0 Å². The van der Waals surface area contributed by atoms with Crippen molar-refractivity contribution < 1.29 is 9.50 Å². The van der Waals surface area contributed by atoms with Gasteiger partial charge in [-0.3, -0.25) is 0 Å². The van der Waals surface area contributed by atoms with Crippen LogP contribution in [0.15, 0.2) is 24.3 Å². The average Bonchev–Trinajstić information content (AvgIpc) is 2.04. The molecule has 0 heterocycles. The number of aliphatic hydroxyl groups is 1. The quantitative estimate of drug-likeness (QED) is 0.703. The van der Waals surface area contributed by atoms with Crippen molar-refractivity contribution in [2.75, 3.05) is 6.61 Å². The van der Waals surface area contributed by atoms with Gasteiger partial charge in [-0.2, -0.15) is 0 Å². The fourth-order valence-corrected chi connectivity index (χ4v) is 0.934. The van der Waals surface area contributed by atoms with Gasteiger partial charge in [0.25, 0.3) is 0 Å². The van der Waals surface area contributed by atoms with Crippen molar-refractivity contribution in [3.8, 4) is 0 Å². The molecule has 0 fully saturated rings. The van der Waals surface area contributed by atoms with Gasteiger partial charge in [0.15, 0.2) is 0 Å². The smallest absolute Gasteiger partial charge is 0.123 e. The molecule has 0 atom stereocenters. The molecule has 0 unspecified atom stereocenters. The predicted molar refractivity (Wildman–Crippen MR) is 41.8 cm³/mol. The summed E-state index contributed by atoms with van der Waals surface area (Å²) in [5.74, 6) is -0.210. The Kier molecular flexibility index (Phi) is 3.05. The van der Waals surface area contributed by atoms with Gasteiger partial charge >= 0.3 is 0 Å². The first-order chi connectivity index (χ1) is 5.33. The van der Waals surface area contributed by atoms with Gasteiger partial charge in [-0.05, 0) is 30.5 Å².